The van der Waals surface area contributed by atoms with E-state index in [-0.39, 0.29) is 0 Å². The van der Waals surface area contributed by atoms with Gasteiger partial charge in [-0.2, -0.15) is 31.6 Å². The molecule has 0 atom stereocenters. The van der Waals surface area contributed by atoms with Gasteiger partial charge in [-0.05, 0) is 6.08 Å². The predicted octanol–water partition coefficient (Wildman–Crippen LogP) is 2.26. The average Bonchev–Trinajstić information content (AvgIpc) is 1.99. The standard InChI is InChI=1S/C7H3F6NO2/c8-6(9,10)4(7(11,12)13)1-3(2-14)5(15)16/h1,4H,(H,15,16). The van der Waals surface area contributed by atoms with Gasteiger partial charge < -0.3 is 5.11 Å². The number of hydrogen-bond donors (Lipinski definition) is 1. The molecular weight excluding hydrogens is 244 g/mol. The number of halogens is 6. The Kier molecular flexibility index (Phi) is 3.95. The zero-order chi connectivity index (χ0) is 13.1. The summed E-state index contributed by atoms with van der Waals surface area (Å²) in [6.45, 7) is 0. The number of rotatable bonds is 2. The third-order valence-corrected chi connectivity index (χ3v) is 1.39. The summed E-state index contributed by atoms with van der Waals surface area (Å²) in [5.41, 5.74) is -1.61. The number of nitriles is 1. The molecule has 0 aromatic carbocycles. The van der Waals surface area contributed by atoms with E-state index in [4.69, 9.17) is 10.4 Å². The summed E-state index contributed by atoms with van der Waals surface area (Å²) in [6.07, 6.45) is -12.1. The lowest BCUT2D eigenvalue weighted by atomic mass is 10.1. The zero-order valence-corrected chi connectivity index (χ0v) is 7.23. The van der Waals surface area contributed by atoms with Crippen molar-refractivity contribution >= 4 is 5.97 Å². The molecule has 0 bridgehead atoms. The molecule has 0 heterocycles. The molecule has 3 nitrogen and oxygen atoms in total. The highest BCUT2D eigenvalue weighted by Gasteiger charge is 2.55. The Hall–Kier alpha value is -1.72. The molecule has 0 aliphatic heterocycles. The van der Waals surface area contributed by atoms with E-state index in [0.29, 0.717) is 0 Å². The van der Waals surface area contributed by atoms with E-state index in [9.17, 15) is 31.1 Å². The van der Waals surface area contributed by atoms with E-state index in [1.165, 1.54) is 0 Å². The van der Waals surface area contributed by atoms with Crippen molar-refractivity contribution in [1.82, 2.24) is 0 Å². The van der Waals surface area contributed by atoms with Crippen LogP contribution in [0.1, 0.15) is 0 Å². The van der Waals surface area contributed by atoms with Gasteiger partial charge in [0, 0.05) is 0 Å². The van der Waals surface area contributed by atoms with Crippen LogP contribution >= 0.6 is 0 Å². The van der Waals surface area contributed by atoms with Crippen LogP contribution < -0.4 is 0 Å². The molecule has 0 aromatic rings. The number of nitrogens with zero attached hydrogens (tertiary/aromatic N) is 1. The van der Waals surface area contributed by atoms with Crippen molar-refractivity contribution < 1.29 is 36.2 Å². The number of carbonyl (C=O) groups is 1. The van der Waals surface area contributed by atoms with Crippen molar-refractivity contribution in [1.29, 1.82) is 5.26 Å². The molecule has 0 rings (SSSR count). The van der Waals surface area contributed by atoms with Crippen LogP contribution in [-0.2, 0) is 4.79 Å². The summed E-state index contributed by atoms with van der Waals surface area (Å²) in [5.74, 6) is -6.12. The summed E-state index contributed by atoms with van der Waals surface area (Å²) in [4.78, 5) is 10.1. The van der Waals surface area contributed by atoms with E-state index in [0.717, 1.165) is 6.07 Å². The highest BCUT2D eigenvalue weighted by molar-refractivity contribution is 5.91. The summed E-state index contributed by atoms with van der Waals surface area (Å²) in [6, 6.07) is 0.738. The van der Waals surface area contributed by atoms with E-state index in [2.05, 4.69) is 0 Å². The maximum absolute atomic E-state index is 11.9. The molecular formula is C7H3F6NO2. The topological polar surface area (TPSA) is 61.1 Å². The average molecular weight is 247 g/mol. The molecule has 0 unspecified atom stereocenters. The Labute approximate surface area is 84.6 Å². The second-order valence-corrected chi connectivity index (χ2v) is 2.56. The quantitative estimate of drug-likeness (QED) is 0.462. The first-order valence-corrected chi connectivity index (χ1v) is 3.48. The first-order chi connectivity index (χ1) is 7.00. The summed E-state index contributed by atoms with van der Waals surface area (Å²) >= 11 is 0. The molecule has 1 N–H and O–H groups in total. The lowest BCUT2D eigenvalue weighted by Gasteiger charge is -2.19. The molecule has 9 heteroatoms. The lowest BCUT2D eigenvalue weighted by Crippen LogP contribution is -2.35. The van der Waals surface area contributed by atoms with Crippen molar-refractivity contribution in [3.63, 3.8) is 0 Å². The summed E-state index contributed by atoms with van der Waals surface area (Å²) in [7, 11) is 0. The maximum Gasteiger partial charge on any atom is 0.403 e. The monoisotopic (exact) mass is 247 g/mol. The van der Waals surface area contributed by atoms with Crippen LogP contribution in [0.5, 0.6) is 0 Å². The summed E-state index contributed by atoms with van der Waals surface area (Å²) < 4.78 is 71.5. The van der Waals surface area contributed by atoms with Gasteiger partial charge >= 0.3 is 18.3 Å². The highest BCUT2D eigenvalue weighted by Crippen LogP contribution is 2.40. The molecule has 0 amide bonds. The minimum absolute atomic E-state index is 0.664. The molecule has 0 radical (unpaired) electrons. The molecule has 0 aliphatic carbocycles. The first-order valence-electron chi connectivity index (χ1n) is 3.48. The van der Waals surface area contributed by atoms with Gasteiger partial charge in [0.05, 0.1) is 0 Å². The number of aliphatic carboxylic acids is 1. The van der Waals surface area contributed by atoms with Crippen molar-refractivity contribution in [2.45, 2.75) is 12.4 Å². The molecule has 0 aromatic heterocycles. The second kappa shape index (κ2) is 4.42. The smallest absolute Gasteiger partial charge is 0.403 e. The van der Waals surface area contributed by atoms with Crippen molar-refractivity contribution in [2.75, 3.05) is 0 Å². The fraction of sp³-hybridized carbons (Fsp3) is 0.429. The van der Waals surface area contributed by atoms with Gasteiger partial charge in [0.15, 0.2) is 5.92 Å². The fourth-order valence-electron chi connectivity index (χ4n) is 0.698. The van der Waals surface area contributed by atoms with Crippen LogP contribution in [-0.4, -0.2) is 23.4 Å². The molecule has 0 fully saturated rings. The Bertz CT molecular complexity index is 333. The van der Waals surface area contributed by atoms with Gasteiger partial charge in [0.1, 0.15) is 11.6 Å². The molecule has 0 aliphatic rings. The minimum Gasteiger partial charge on any atom is -0.477 e. The Morgan fingerprint density at radius 3 is 1.75 bits per heavy atom. The van der Waals surface area contributed by atoms with Crippen molar-refractivity contribution in [3.8, 4) is 6.07 Å². The largest absolute Gasteiger partial charge is 0.477 e. The van der Waals surface area contributed by atoms with Crippen molar-refractivity contribution in [3.05, 3.63) is 11.6 Å². The van der Waals surface area contributed by atoms with Crippen LogP contribution in [0.3, 0.4) is 0 Å². The molecule has 0 spiro atoms. The van der Waals surface area contributed by atoms with Crippen molar-refractivity contribution in [2.24, 2.45) is 5.92 Å². The van der Waals surface area contributed by atoms with E-state index < -0.39 is 35.9 Å². The number of hydrogen-bond acceptors (Lipinski definition) is 2. The first kappa shape index (κ1) is 14.3. The van der Waals surface area contributed by atoms with Gasteiger partial charge in [-0.15, -0.1) is 0 Å². The van der Waals surface area contributed by atoms with E-state index >= 15 is 0 Å². The Morgan fingerprint density at radius 1 is 1.19 bits per heavy atom. The molecule has 0 saturated heterocycles. The minimum atomic E-state index is -5.70. The normalized spacial score (nSPS) is 13.8. The van der Waals surface area contributed by atoms with Crippen LogP contribution in [0, 0.1) is 17.2 Å². The van der Waals surface area contributed by atoms with Gasteiger partial charge in [0.2, 0.25) is 0 Å². The lowest BCUT2D eigenvalue weighted by molar-refractivity contribution is -0.267. The number of carboxylic acid groups (broad SMARTS) is 1. The third kappa shape index (κ3) is 3.80. The Morgan fingerprint density at radius 2 is 1.56 bits per heavy atom. The van der Waals surface area contributed by atoms with Crippen LogP contribution in [0.15, 0.2) is 11.6 Å². The zero-order valence-electron chi connectivity index (χ0n) is 7.23. The molecule has 90 valence electrons. The van der Waals surface area contributed by atoms with E-state index in [1.54, 1.807) is 0 Å². The number of carboxylic acids is 1. The van der Waals surface area contributed by atoms with Gasteiger partial charge in [0.25, 0.3) is 0 Å². The van der Waals surface area contributed by atoms with Gasteiger partial charge in [-0.3, -0.25) is 0 Å². The van der Waals surface area contributed by atoms with Gasteiger partial charge in [-0.1, -0.05) is 0 Å². The number of alkyl halides is 6. The van der Waals surface area contributed by atoms with E-state index in [1.807, 2.05) is 0 Å². The fourth-order valence-corrected chi connectivity index (χ4v) is 0.698. The SMILES string of the molecule is N#CC(=CC(C(F)(F)F)C(F)(F)F)C(=O)O. The third-order valence-electron chi connectivity index (χ3n) is 1.39. The van der Waals surface area contributed by atoms with Crippen LogP contribution in [0.25, 0.3) is 0 Å². The summed E-state index contributed by atoms with van der Waals surface area (Å²) in [5, 5.41) is 16.2. The number of allylic oxidation sites excluding steroid dienone is 1. The molecule has 16 heavy (non-hydrogen) atoms. The second-order valence-electron chi connectivity index (χ2n) is 2.56. The molecule has 0 saturated carbocycles. The Balaban J connectivity index is 5.43. The van der Waals surface area contributed by atoms with Crippen LogP contribution in [0.4, 0.5) is 26.3 Å². The predicted molar refractivity (Wildman–Crippen MR) is 36.9 cm³/mol. The van der Waals surface area contributed by atoms with Gasteiger partial charge in [-0.25, -0.2) is 4.79 Å². The maximum atomic E-state index is 11.9. The van der Waals surface area contributed by atoms with Crippen LogP contribution in [0.2, 0.25) is 0 Å². The highest BCUT2D eigenvalue weighted by atomic mass is 19.4.